The fraction of sp³-hybridized carbons (Fsp3) is 0.222. The molecule has 10 heteroatoms. The van der Waals surface area contributed by atoms with E-state index in [1.165, 1.54) is 30.3 Å². The van der Waals surface area contributed by atoms with Crippen LogP contribution < -0.4 is 10.6 Å². The number of likely N-dealkylation sites (N-methyl/N-ethyl adjacent to an activating group) is 1. The smallest absolute Gasteiger partial charge is 0.201 e. The van der Waals surface area contributed by atoms with Crippen LogP contribution in [0.3, 0.4) is 0 Å². The quantitative estimate of drug-likeness (QED) is 0.216. The lowest BCUT2D eigenvalue weighted by molar-refractivity contribution is 0.319. The Kier molecular flexibility index (Phi) is 5.96. The monoisotopic (exact) mass is 408 g/mol. The van der Waals surface area contributed by atoms with Crippen molar-refractivity contribution in [3.8, 4) is 0 Å². The molecule has 0 amide bonds. The number of fused-ring (bicyclic) bond motifs is 1. The molecule has 3 aromatic rings. The van der Waals surface area contributed by atoms with Crippen LogP contribution in [0.2, 0.25) is 5.02 Å². The Morgan fingerprint density at radius 2 is 2.00 bits per heavy atom. The number of aromatic nitrogens is 2. The second-order valence-corrected chi connectivity index (χ2v) is 6.74. The highest BCUT2D eigenvalue weighted by atomic mass is 35.5. The molecule has 2 aromatic carbocycles. The van der Waals surface area contributed by atoms with Crippen molar-refractivity contribution in [2.45, 2.75) is 0 Å². The van der Waals surface area contributed by atoms with Crippen molar-refractivity contribution in [2.75, 3.05) is 37.8 Å². The molecular weight excluding hydrogens is 390 g/mol. The Bertz CT molecular complexity index is 1020. The number of benzene rings is 2. The van der Waals surface area contributed by atoms with Crippen LogP contribution in [0.1, 0.15) is 5.56 Å². The lowest BCUT2D eigenvalue weighted by Gasteiger charge is -2.10. The largest absolute Gasteiger partial charge is 0.409 e. The summed E-state index contributed by atoms with van der Waals surface area (Å²) in [5.41, 5.74) is 1.24. The standard InChI is InChI=1S/C18H19ClF2N6O/c1-27(2)8-7-22-18-24-15-11(4-6-14(21)16(15)25-18)17(26-28)23-10-3-5-13(20)12(19)9-10/h3-6,9,28H,7-8H2,1-2H3,(H,23,26)(H2,22,24,25). The molecule has 0 fully saturated rings. The molecule has 0 aliphatic rings. The Labute approximate surface area is 165 Å². The van der Waals surface area contributed by atoms with E-state index in [-0.39, 0.29) is 16.4 Å². The van der Waals surface area contributed by atoms with E-state index < -0.39 is 11.6 Å². The number of hydrogen-bond donors (Lipinski definition) is 4. The van der Waals surface area contributed by atoms with Gasteiger partial charge in [-0.1, -0.05) is 16.8 Å². The number of rotatable bonds is 6. The predicted octanol–water partition coefficient (Wildman–Crippen LogP) is 3.72. The van der Waals surface area contributed by atoms with Gasteiger partial charge in [0.05, 0.1) is 10.5 Å². The van der Waals surface area contributed by atoms with Gasteiger partial charge in [0, 0.05) is 24.3 Å². The third-order valence-electron chi connectivity index (χ3n) is 3.98. The second-order valence-electron chi connectivity index (χ2n) is 6.34. The highest BCUT2D eigenvalue weighted by molar-refractivity contribution is 6.31. The number of aromatic amines is 1. The molecule has 0 spiro atoms. The molecule has 28 heavy (non-hydrogen) atoms. The molecule has 0 radical (unpaired) electrons. The Hall–Kier alpha value is -2.91. The van der Waals surface area contributed by atoms with Crippen molar-refractivity contribution in [3.63, 3.8) is 0 Å². The molecule has 0 saturated heterocycles. The molecule has 4 N–H and O–H groups in total. The van der Waals surface area contributed by atoms with E-state index in [4.69, 9.17) is 11.6 Å². The number of oxime groups is 1. The van der Waals surface area contributed by atoms with Gasteiger partial charge in [-0.2, -0.15) is 0 Å². The van der Waals surface area contributed by atoms with E-state index in [1.807, 2.05) is 19.0 Å². The van der Waals surface area contributed by atoms with E-state index in [0.29, 0.717) is 29.3 Å². The first-order chi connectivity index (χ1) is 13.4. The maximum absolute atomic E-state index is 14.2. The molecule has 148 valence electrons. The molecule has 1 aromatic heterocycles. The van der Waals surface area contributed by atoms with Gasteiger partial charge >= 0.3 is 0 Å². The van der Waals surface area contributed by atoms with Crippen LogP contribution in [-0.2, 0) is 0 Å². The third kappa shape index (κ3) is 4.32. The van der Waals surface area contributed by atoms with Gasteiger partial charge in [0.25, 0.3) is 0 Å². The maximum Gasteiger partial charge on any atom is 0.201 e. The average molecular weight is 409 g/mol. The fourth-order valence-electron chi connectivity index (χ4n) is 2.60. The highest BCUT2D eigenvalue weighted by Gasteiger charge is 2.17. The van der Waals surface area contributed by atoms with E-state index in [1.54, 1.807) is 0 Å². The van der Waals surface area contributed by atoms with Crippen molar-refractivity contribution < 1.29 is 14.0 Å². The first kappa shape index (κ1) is 19.8. The number of amidine groups is 1. The number of imidazole rings is 1. The number of halogens is 3. The summed E-state index contributed by atoms with van der Waals surface area (Å²) in [7, 11) is 3.88. The lowest BCUT2D eigenvalue weighted by atomic mass is 10.1. The lowest BCUT2D eigenvalue weighted by Crippen LogP contribution is -2.21. The zero-order valence-corrected chi connectivity index (χ0v) is 16.0. The van der Waals surface area contributed by atoms with E-state index in [9.17, 15) is 14.0 Å². The second kappa shape index (κ2) is 8.41. The van der Waals surface area contributed by atoms with Crippen molar-refractivity contribution in [3.05, 3.63) is 52.6 Å². The Balaban J connectivity index is 1.92. The summed E-state index contributed by atoms with van der Waals surface area (Å²) in [5, 5.41) is 18.6. The molecule has 1 heterocycles. The first-order valence-electron chi connectivity index (χ1n) is 8.40. The van der Waals surface area contributed by atoms with E-state index in [2.05, 4.69) is 25.8 Å². The minimum absolute atomic E-state index is 0.0242. The van der Waals surface area contributed by atoms with E-state index in [0.717, 1.165) is 6.54 Å². The first-order valence-corrected chi connectivity index (χ1v) is 8.78. The average Bonchev–Trinajstić information content (AvgIpc) is 3.08. The van der Waals surface area contributed by atoms with Gasteiger partial charge < -0.3 is 25.7 Å². The van der Waals surface area contributed by atoms with Crippen LogP contribution in [0.15, 0.2) is 35.5 Å². The maximum atomic E-state index is 14.2. The zero-order valence-electron chi connectivity index (χ0n) is 15.2. The fourth-order valence-corrected chi connectivity index (χ4v) is 2.78. The number of H-pyrrole nitrogens is 1. The number of anilines is 2. The number of hydrogen-bond acceptors (Lipinski definition) is 5. The molecule has 0 aliphatic heterocycles. The molecule has 7 nitrogen and oxygen atoms in total. The zero-order chi connectivity index (χ0) is 20.3. The predicted molar refractivity (Wildman–Crippen MR) is 106 cm³/mol. The minimum Gasteiger partial charge on any atom is -0.409 e. The van der Waals surface area contributed by atoms with Crippen molar-refractivity contribution in [1.29, 1.82) is 0 Å². The Morgan fingerprint density at radius 3 is 2.68 bits per heavy atom. The molecule has 0 unspecified atom stereocenters. The summed E-state index contributed by atoms with van der Waals surface area (Å²) in [5.74, 6) is -0.667. The summed E-state index contributed by atoms with van der Waals surface area (Å²) in [6.45, 7) is 1.37. The van der Waals surface area contributed by atoms with Gasteiger partial charge in [-0.25, -0.2) is 13.8 Å². The summed E-state index contributed by atoms with van der Waals surface area (Å²) in [4.78, 5) is 9.22. The number of nitrogens with one attached hydrogen (secondary N) is 3. The third-order valence-corrected chi connectivity index (χ3v) is 4.27. The van der Waals surface area contributed by atoms with Gasteiger partial charge in [0.1, 0.15) is 11.3 Å². The summed E-state index contributed by atoms with van der Waals surface area (Å²) < 4.78 is 27.6. The van der Waals surface area contributed by atoms with Crippen molar-refractivity contribution in [1.82, 2.24) is 14.9 Å². The summed E-state index contributed by atoms with van der Waals surface area (Å²) in [6.07, 6.45) is 0. The summed E-state index contributed by atoms with van der Waals surface area (Å²) >= 11 is 5.78. The topological polar surface area (TPSA) is 88.6 Å². The minimum atomic E-state index is -0.569. The van der Waals surface area contributed by atoms with Gasteiger partial charge in [-0.05, 0) is 44.4 Å². The molecule has 0 saturated carbocycles. The SMILES string of the molecule is CN(C)CCNc1nc2c(F)ccc(/C(=N/O)Nc3ccc(F)c(Cl)c3)c2[nH]1. The van der Waals surface area contributed by atoms with Crippen LogP contribution in [-0.4, -0.2) is 53.1 Å². The summed E-state index contributed by atoms with van der Waals surface area (Å²) in [6, 6.07) is 6.65. The van der Waals surface area contributed by atoms with E-state index >= 15 is 0 Å². The molecule has 0 bridgehead atoms. The normalized spacial score (nSPS) is 12.0. The Morgan fingerprint density at radius 1 is 1.25 bits per heavy atom. The van der Waals surface area contributed by atoms with Crippen LogP contribution in [0.4, 0.5) is 20.4 Å². The molecule has 3 rings (SSSR count). The van der Waals surface area contributed by atoms with Crippen molar-refractivity contribution in [2.24, 2.45) is 5.16 Å². The molecule has 0 aliphatic carbocycles. The van der Waals surface area contributed by atoms with Crippen LogP contribution >= 0.6 is 11.6 Å². The highest BCUT2D eigenvalue weighted by Crippen LogP contribution is 2.24. The van der Waals surface area contributed by atoms with Gasteiger partial charge in [0.2, 0.25) is 5.95 Å². The van der Waals surface area contributed by atoms with Crippen LogP contribution in [0.5, 0.6) is 0 Å². The molecular formula is C18H19ClF2N6O. The number of nitrogens with zero attached hydrogens (tertiary/aromatic N) is 3. The van der Waals surface area contributed by atoms with Crippen molar-refractivity contribution >= 4 is 40.1 Å². The molecule has 0 atom stereocenters. The van der Waals surface area contributed by atoms with Gasteiger partial charge in [-0.15, -0.1) is 0 Å². The van der Waals surface area contributed by atoms with Gasteiger partial charge in [-0.3, -0.25) is 0 Å². The van der Waals surface area contributed by atoms with Crippen LogP contribution in [0.25, 0.3) is 11.0 Å². The van der Waals surface area contributed by atoms with Crippen LogP contribution in [0, 0.1) is 11.6 Å². The van der Waals surface area contributed by atoms with Gasteiger partial charge in [0.15, 0.2) is 11.7 Å².